The molecule has 4 heteroatoms. The standard InChI is InChI=1S/C12H16N2O2/c15-12(16)11-7-10(13-8-14-11)6-5-9-3-1-2-4-9/h7-9H,1-6H2,(H,15,16). The fourth-order valence-electron chi connectivity index (χ4n) is 2.30. The number of hydrogen-bond donors (Lipinski definition) is 1. The highest BCUT2D eigenvalue weighted by molar-refractivity contribution is 5.85. The van der Waals surface area contributed by atoms with Gasteiger partial charge in [-0.05, 0) is 24.8 Å². The van der Waals surface area contributed by atoms with Gasteiger partial charge in [-0.25, -0.2) is 14.8 Å². The third-order valence-electron chi connectivity index (χ3n) is 3.23. The molecule has 4 nitrogen and oxygen atoms in total. The third kappa shape index (κ3) is 2.78. The molecule has 0 bridgehead atoms. The van der Waals surface area contributed by atoms with E-state index >= 15 is 0 Å². The van der Waals surface area contributed by atoms with Crippen LogP contribution < -0.4 is 0 Å². The fraction of sp³-hybridized carbons (Fsp3) is 0.583. The van der Waals surface area contributed by atoms with Crippen molar-refractivity contribution in [2.45, 2.75) is 38.5 Å². The topological polar surface area (TPSA) is 63.1 Å². The Hall–Kier alpha value is -1.45. The molecule has 1 saturated carbocycles. The van der Waals surface area contributed by atoms with Crippen molar-refractivity contribution < 1.29 is 9.90 Å². The van der Waals surface area contributed by atoms with Gasteiger partial charge in [0.2, 0.25) is 0 Å². The van der Waals surface area contributed by atoms with Crippen molar-refractivity contribution in [3.63, 3.8) is 0 Å². The Balaban J connectivity index is 1.93. The molecule has 0 amide bonds. The van der Waals surface area contributed by atoms with Gasteiger partial charge in [0.1, 0.15) is 6.33 Å². The van der Waals surface area contributed by atoms with E-state index in [4.69, 9.17) is 5.11 Å². The maximum Gasteiger partial charge on any atom is 0.354 e. The first kappa shape index (κ1) is 11.0. The number of carboxylic acid groups (broad SMARTS) is 1. The predicted molar refractivity (Wildman–Crippen MR) is 59.3 cm³/mol. The van der Waals surface area contributed by atoms with E-state index in [-0.39, 0.29) is 5.69 Å². The van der Waals surface area contributed by atoms with Gasteiger partial charge in [0.05, 0.1) is 0 Å². The first-order chi connectivity index (χ1) is 7.75. The molecule has 1 aromatic heterocycles. The molecule has 0 spiro atoms. The maximum atomic E-state index is 10.7. The Kier molecular flexibility index (Phi) is 3.49. The van der Waals surface area contributed by atoms with E-state index in [1.54, 1.807) is 6.07 Å². The van der Waals surface area contributed by atoms with Crippen LogP contribution in [0.15, 0.2) is 12.4 Å². The van der Waals surface area contributed by atoms with Gasteiger partial charge < -0.3 is 5.11 Å². The van der Waals surface area contributed by atoms with Crippen LogP contribution in [0.4, 0.5) is 0 Å². The van der Waals surface area contributed by atoms with E-state index in [1.807, 2.05) is 0 Å². The predicted octanol–water partition coefficient (Wildman–Crippen LogP) is 2.30. The van der Waals surface area contributed by atoms with Crippen LogP contribution in [-0.4, -0.2) is 21.0 Å². The molecular formula is C12H16N2O2. The number of aromatic nitrogens is 2. The van der Waals surface area contributed by atoms with Crippen molar-refractivity contribution in [1.29, 1.82) is 0 Å². The minimum Gasteiger partial charge on any atom is -0.477 e. The smallest absolute Gasteiger partial charge is 0.354 e. The van der Waals surface area contributed by atoms with E-state index < -0.39 is 5.97 Å². The first-order valence-electron chi connectivity index (χ1n) is 5.80. The Morgan fingerprint density at radius 1 is 1.38 bits per heavy atom. The van der Waals surface area contributed by atoms with Crippen molar-refractivity contribution >= 4 is 5.97 Å². The molecule has 0 saturated heterocycles. The summed E-state index contributed by atoms with van der Waals surface area (Å²) >= 11 is 0. The molecule has 0 unspecified atom stereocenters. The third-order valence-corrected chi connectivity index (χ3v) is 3.23. The Bertz CT molecular complexity index is 373. The molecule has 16 heavy (non-hydrogen) atoms. The Morgan fingerprint density at radius 3 is 2.81 bits per heavy atom. The molecule has 0 radical (unpaired) electrons. The summed E-state index contributed by atoms with van der Waals surface area (Å²) in [5.74, 6) is -0.173. The minimum atomic E-state index is -0.982. The maximum absolute atomic E-state index is 10.7. The molecule has 86 valence electrons. The fourth-order valence-corrected chi connectivity index (χ4v) is 2.30. The molecular weight excluding hydrogens is 204 g/mol. The lowest BCUT2D eigenvalue weighted by atomic mass is 10.0. The molecule has 1 N–H and O–H groups in total. The SMILES string of the molecule is O=C(O)c1cc(CCC2CCCC2)ncn1. The van der Waals surface area contributed by atoms with Gasteiger partial charge in [0.25, 0.3) is 0 Å². The largest absolute Gasteiger partial charge is 0.477 e. The van der Waals surface area contributed by atoms with E-state index in [9.17, 15) is 4.79 Å². The number of hydrogen-bond acceptors (Lipinski definition) is 3. The minimum absolute atomic E-state index is 0.0939. The van der Waals surface area contributed by atoms with Crippen LogP contribution >= 0.6 is 0 Å². The average molecular weight is 220 g/mol. The number of rotatable bonds is 4. The molecule has 2 rings (SSSR count). The quantitative estimate of drug-likeness (QED) is 0.845. The molecule has 1 aromatic rings. The van der Waals surface area contributed by atoms with Gasteiger partial charge in [0, 0.05) is 5.69 Å². The number of carboxylic acids is 1. The van der Waals surface area contributed by atoms with Crippen molar-refractivity contribution in [3.05, 3.63) is 23.8 Å². The number of carbonyl (C=O) groups is 1. The monoisotopic (exact) mass is 220 g/mol. The molecule has 1 aliphatic carbocycles. The molecule has 1 heterocycles. The highest BCUT2D eigenvalue weighted by Gasteiger charge is 2.15. The van der Waals surface area contributed by atoms with Crippen LogP contribution in [0.5, 0.6) is 0 Å². The zero-order valence-electron chi connectivity index (χ0n) is 9.22. The average Bonchev–Trinajstić information content (AvgIpc) is 2.79. The van der Waals surface area contributed by atoms with Crippen molar-refractivity contribution in [2.75, 3.05) is 0 Å². The molecule has 0 atom stereocenters. The first-order valence-corrected chi connectivity index (χ1v) is 5.80. The summed E-state index contributed by atoms with van der Waals surface area (Å²) in [6, 6.07) is 1.58. The van der Waals surface area contributed by atoms with Gasteiger partial charge in [-0.15, -0.1) is 0 Å². The van der Waals surface area contributed by atoms with E-state index in [0.29, 0.717) is 0 Å². The van der Waals surface area contributed by atoms with Crippen molar-refractivity contribution in [2.24, 2.45) is 5.92 Å². The highest BCUT2D eigenvalue weighted by Crippen LogP contribution is 2.28. The second-order valence-corrected chi connectivity index (χ2v) is 4.39. The Morgan fingerprint density at radius 2 is 2.12 bits per heavy atom. The van der Waals surface area contributed by atoms with Gasteiger partial charge >= 0.3 is 5.97 Å². The molecule has 1 fully saturated rings. The normalized spacial score (nSPS) is 16.5. The zero-order chi connectivity index (χ0) is 11.4. The highest BCUT2D eigenvalue weighted by atomic mass is 16.4. The number of nitrogens with zero attached hydrogens (tertiary/aromatic N) is 2. The van der Waals surface area contributed by atoms with Crippen LogP contribution in [0.25, 0.3) is 0 Å². The summed E-state index contributed by atoms with van der Waals surface area (Å²) in [4.78, 5) is 18.5. The van der Waals surface area contributed by atoms with Crippen LogP contribution in [0, 0.1) is 5.92 Å². The van der Waals surface area contributed by atoms with E-state index in [2.05, 4.69) is 9.97 Å². The summed E-state index contributed by atoms with van der Waals surface area (Å²) in [5, 5.41) is 8.80. The molecule has 0 aliphatic heterocycles. The van der Waals surface area contributed by atoms with Crippen LogP contribution in [0.1, 0.15) is 48.3 Å². The van der Waals surface area contributed by atoms with Gasteiger partial charge in [0.15, 0.2) is 5.69 Å². The zero-order valence-corrected chi connectivity index (χ0v) is 9.22. The second kappa shape index (κ2) is 5.05. The van der Waals surface area contributed by atoms with Gasteiger partial charge in [-0.2, -0.15) is 0 Å². The summed E-state index contributed by atoms with van der Waals surface area (Å²) in [6.07, 6.45) is 8.65. The van der Waals surface area contributed by atoms with Crippen LogP contribution in [0.3, 0.4) is 0 Å². The van der Waals surface area contributed by atoms with Crippen molar-refractivity contribution in [1.82, 2.24) is 9.97 Å². The van der Waals surface area contributed by atoms with Crippen LogP contribution in [0.2, 0.25) is 0 Å². The lowest BCUT2D eigenvalue weighted by molar-refractivity contribution is 0.0690. The molecule has 1 aliphatic rings. The number of aromatic carboxylic acids is 1. The van der Waals surface area contributed by atoms with E-state index in [1.165, 1.54) is 32.0 Å². The Labute approximate surface area is 94.7 Å². The summed E-state index contributed by atoms with van der Waals surface area (Å²) in [6.45, 7) is 0. The van der Waals surface area contributed by atoms with Crippen molar-refractivity contribution in [3.8, 4) is 0 Å². The summed E-state index contributed by atoms with van der Waals surface area (Å²) in [5.41, 5.74) is 0.940. The second-order valence-electron chi connectivity index (χ2n) is 4.39. The van der Waals surface area contributed by atoms with Gasteiger partial charge in [-0.3, -0.25) is 0 Å². The number of aryl methyl sites for hydroxylation is 1. The summed E-state index contributed by atoms with van der Waals surface area (Å²) in [7, 11) is 0. The lowest BCUT2D eigenvalue weighted by Crippen LogP contribution is -2.04. The summed E-state index contributed by atoms with van der Waals surface area (Å²) < 4.78 is 0. The lowest BCUT2D eigenvalue weighted by Gasteiger charge is -2.07. The van der Waals surface area contributed by atoms with E-state index in [0.717, 1.165) is 24.5 Å². The van der Waals surface area contributed by atoms with Crippen LogP contribution in [-0.2, 0) is 6.42 Å². The molecule has 0 aromatic carbocycles. The van der Waals surface area contributed by atoms with Gasteiger partial charge in [-0.1, -0.05) is 25.7 Å².